The predicted octanol–water partition coefficient (Wildman–Crippen LogP) is 3.77. The highest BCUT2D eigenvalue weighted by Gasteiger charge is 2.20. The molecule has 0 fully saturated rings. The zero-order chi connectivity index (χ0) is 21.5. The number of nitrogens with zero attached hydrogens (tertiary/aromatic N) is 2. The monoisotopic (exact) mass is 427 g/mol. The second-order valence-electron chi connectivity index (χ2n) is 6.55. The van der Waals surface area contributed by atoms with Gasteiger partial charge in [-0.1, -0.05) is 18.2 Å². The minimum atomic E-state index is -4.39. The van der Waals surface area contributed by atoms with Crippen molar-refractivity contribution < 1.29 is 17.2 Å². The van der Waals surface area contributed by atoms with E-state index >= 15 is 0 Å². The molecule has 0 radical (unpaired) electrons. The first kappa shape index (κ1) is 19.7. The van der Waals surface area contributed by atoms with Gasteiger partial charge in [0.2, 0.25) is 0 Å². The van der Waals surface area contributed by atoms with E-state index in [0.29, 0.717) is 28.5 Å². The largest absolute Gasteiger partial charge is 0.279 e. The van der Waals surface area contributed by atoms with Crippen LogP contribution in [-0.4, -0.2) is 18.0 Å². The molecular weight excluding hydrogens is 412 g/mol. The summed E-state index contributed by atoms with van der Waals surface area (Å²) in [5.41, 5.74) is 0.690. The second kappa shape index (κ2) is 7.34. The van der Waals surface area contributed by atoms with Crippen molar-refractivity contribution in [2.75, 3.05) is 4.72 Å². The molecule has 0 saturated heterocycles. The Bertz CT molecular complexity index is 1450. The van der Waals surface area contributed by atoms with Gasteiger partial charge in [0, 0.05) is 0 Å². The lowest BCUT2D eigenvalue weighted by Crippen LogP contribution is -2.22. The van der Waals surface area contributed by atoms with Gasteiger partial charge in [0.25, 0.3) is 15.6 Å². The van der Waals surface area contributed by atoms with Gasteiger partial charge in [-0.05, 0) is 55.5 Å². The number of para-hydroxylation sites is 1. The summed E-state index contributed by atoms with van der Waals surface area (Å²) in [5, 5.41) is 0.413. The van der Waals surface area contributed by atoms with Gasteiger partial charge >= 0.3 is 0 Å². The molecule has 152 valence electrons. The molecule has 4 aromatic rings. The van der Waals surface area contributed by atoms with E-state index in [1.807, 2.05) is 0 Å². The first-order valence-corrected chi connectivity index (χ1v) is 10.3. The first-order chi connectivity index (χ1) is 14.3. The molecule has 0 saturated carbocycles. The molecule has 0 spiro atoms. The van der Waals surface area contributed by atoms with Crippen LogP contribution in [-0.2, 0) is 10.0 Å². The van der Waals surface area contributed by atoms with E-state index in [9.17, 15) is 22.0 Å². The van der Waals surface area contributed by atoms with Crippen LogP contribution < -0.4 is 10.3 Å². The Balaban J connectivity index is 1.78. The minimum Gasteiger partial charge on any atom is -0.279 e. The molecular formula is C21H15F2N3O3S. The van der Waals surface area contributed by atoms with E-state index in [2.05, 4.69) is 9.71 Å². The molecule has 1 aromatic heterocycles. The van der Waals surface area contributed by atoms with Gasteiger partial charge in [-0.2, -0.15) is 0 Å². The lowest BCUT2D eigenvalue weighted by molar-refractivity contribution is 0.555. The third-order valence-corrected chi connectivity index (χ3v) is 5.88. The fraction of sp³-hybridized carbons (Fsp3) is 0.0476. The molecule has 0 amide bonds. The maximum atomic E-state index is 13.9. The number of aryl methyl sites for hydroxylation is 1. The predicted molar refractivity (Wildman–Crippen MR) is 109 cm³/mol. The van der Waals surface area contributed by atoms with Gasteiger partial charge in [-0.25, -0.2) is 22.2 Å². The van der Waals surface area contributed by atoms with Crippen LogP contribution in [0.3, 0.4) is 0 Å². The van der Waals surface area contributed by atoms with E-state index in [0.717, 1.165) is 12.1 Å². The number of anilines is 1. The van der Waals surface area contributed by atoms with Gasteiger partial charge in [-0.15, -0.1) is 0 Å². The molecule has 3 aromatic carbocycles. The van der Waals surface area contributed by atoms with Crippen molar-refractivity contribution in [1.82, 2.24) is 9.55 Å². The summed E-state index contributed by atoms with van der Waals surface area (Å²) in [7, 11) is -4.39. The Morgan fingerprint density at radius 1 is 0.967 bits per heavy atom. The summed E-state index contributed by atoms with van der Waals surface area (Å²) in [6.07, 6.45) is 0. The summed E-state index contributed by atoms with van der Waals surface area (Å²) in [6.45, 7) is 1.66. The smallest absolute Gasteiger partial charge is 0.265 e. The highest BCUT2D eigenvalue weighted by molar-refractivity contribution is 7.92. The number of rotatable bonds is 4. The summed E-state index contributed by atoms with van der Waals surface area (Å²) in [5.74, 6) is -1.55. The number of nitrogens with one attached hydrogen (secondary N) is 1. The fourth-order valence-electron chi connectivity index (χ4n) is 3.15. The number of halogens is 2. The number of fused-ring (bicyclic) bond motifs is 1. The molecule has 0 aliphatic rings. The van der Waals surface area contributed by atoms with Crippen molar-refractivity contribution in [3.8, 4) is 5.69 Å². The molecule has 9 heteroatoms. The van der Waals surface area contributed by atoms with Gasteiger partial charge in [-0.3, -0.25) is 14.1 Å². The van der Waals surface area contributed by atoms with E-state index in [-0.39, 0.29) is 11.2 Å². The summed E-state index contributed by atoms with van der Waals surface area (Å²) < 4.78 is 56.0. The molecule has 0 aliphatic carbocycles. The van der Waals surface area contributed by atoms with Crippen LogP contribution in [0.15, 0.2) is 76.4 Å². The molecule has 0 unspecified atom stereocenters. The fourth-order valence-corrected chi connectivity index (χ4v) is 4.29. The topological polar surface area (TPSA) is 81.1 Å². The van der Waals surface area contributed by atoms with E-state index in [4.69, 9.17) is 0 Å². The Hall–Kier alpha value is -3.59. The Labute approximate surface area is 170 Å². The average Bonchev–Trinajstić information content (AvgIpc) is 2.70. The zero-order valence-corrected chi connectivity index (χ0v) is 16.5. The summed E-state index contributed by atoms with van der Waals surface area (Å²) >= 11 is 0. The first-order valence-electron chi connectivity index (χ1n) is 8.83. The van der Waals surface area contributed by atoms with Crippen LogP contribution in [0, 0.1) is 18.6 Å². The third-order valence-electron chi connectivity index (χ3n) is 4.48. The van der Waals surface area contributed by atoms with Gasteiger partial charge in [0.05, 0.1) is 22.3 Å². The van der Waals surface area contributed by atoms with Crippen LogP contribution in [0.4, 0.5) is 14.5 Å². The highest BCUT2D eigenvalue weighted by Crippen LogP contribution is 2.22. The van der Waals surface area contributed by atoms with Gasteiger partial charge < -0.3 is 0 Å². The molecule has 0 atom stereocenters. The van der Waals surface area contributed by atoms with E-state index in [1.165, 1.54) is 22.8 Å². The van der Waals surface area contributed by atoms with Crippen molar-refractivity contribution in [2.45, 2.75) is 11.8 Å². The third kappa shape index (κ3) is 3.55. The molecule has 0 bridgehead atoms. The van der Waals surface area contributed by atoms with Crippen molar-refractivity contribution in [1.29, 1.82) is 0 Å². The number of hydrogen-bond acceptors (Lipinski definition) is 4. The Kier molecular flexibility index (Phi) is 4.83. The molecule has 1 heterocycles. The number of benzene rings is 3. The van der Waals surface area contributed by atoms with Gasteiger partial charge in [0.1, 0.15) is 22.4 Å². The average molecular weight is 427 g/mol. The summed E-state index contributed by atoms with van der Waals surface area (Å²) in [6, 6.07) is 15.1. The molecule has 30 heavy (non-hydrogen) atoms. The molecule has 0 aliphatic heterocycles. The zero-order valence-electron chi connectivity index (χ0n) is 15.6. The summed E-state index contributed by atoms with van der Waals surface area (Å²) in [4.78, 5) is 16.6. The normalized spacial score (nSPS) is 11.6. The van der Waals surface area contributed by atoms with E-state index in [1.54, 1.807) is 37.3 Å². The van der Waals surface area contributed by atoms with Crippen LogP contribution in [0.1, 0.15) is 5.82 Å². The maximum absolute atomic E-state index is 13.9. The highest BCUT2D eigenvalue weighted by atomic mass is 32.2. The quantitative estimate of drug-likeness (QED) is 0.538. The molecule has 6 nitrogen and oxygen atoms in total. The Morgan fingerprint density at radius 3 is 2.53 bits per heavy atom. The van der Waals surface area contributed by atoms with Crippen molar-refractivity contribution >= 4 is 26.6 Å². The van der Waals surface area contributed by atoms with E-state index < -0.39 is 26.6 Å². The number of aromatic nitrogens is 2. The number of hydrogen-bond donors (Lipinski definition) is 1. The van der Waals surface area contributed by atoms with Crippen LogP contribution in [0.25, 0.3) is 16.6 Å². The van der Waals surface area contributed by atoms with Crippen LogP contribution in [0.5, 0.6) is 0 Å². The van der Waals surface area contributed by atoms with Crippen LogP contribution >= 0.6 is 0 Å². The van der Waals surface area contributed by atoms with Crippen molar-refractivity contribution in [3.63, 3.8) is 0 Å². The standard InChI is InChI=1S/C21H15F2N3O3S/c1-13-24-19-8-3-2-7-17(19)21(27)26(13)16-6-4-5-15(12-16)25-30(28,29)20-11-14(22)9-10-18(20)23/h2-12,25H,1H3. The van der Waals surface area contributed by atoms with Crippen molar-refractivity contribution in [2.24, 2.45) is 0 Å². The van der Waals surface area contributed by atoms with Gasteiger partial charge in [0.15, 0.2) is 0 Å². The lowest BCUT2D eigenvalue weighted by Gasteiger charge is -2.13. The maximum Gasteiger partial charge on any atom is 0.265 e. The number of sulfonamides is 1. The molecule has 4 rings (SSSR count). The Morgan fingerprint density at radius 2 is 1.73 bits per heavy atom. The lowest BCUT2D eigenvalue weighted by atomic mass is 10.2. The second-order valence-corrected chi connectivity index (χ2v) is 8.20. The molecule has 1 N–H and O–H groups in total. The van der Waals surface area contributed by atoms with Crippen molar-refractivity contribution in [3.05, 3.63) is 94.5 Å². The SMILES string of the molecule is Cc1nc2ccccc2c(=O)n1-c1cccc(NS(=O)(=O)c2cc(F)ccc2F)c1. The van der Waals surface area contributed by atoms with Crippen LogP contribution in [0.2, 0.25) is 0 Å². The minimum absolute atomic E-state index is 0.0793.